The fraction of sp³-hybridized carbons (Fsp3) is 0. The maximum absolute atomic E-state index is 6.41. The van der Waals surface area contributed by atoms with Gasteiger partial charge in [-0.1, -0.05) is 158 Å². The van der Waals surface area contributed by atoms with E-state index in [9.17, 15) is 0 Å². The molecular weight excluding hydrogens is 791 g/mol. The van der Waals surface area contributed by atoms with Crippen LogP contribution < -0.4 is 9.80 Å². The number of anilines is 6. The lowest BCUT2D eigenvalue weighted by molar-refractivity contribution is 0.620. The van der Waals surface area contributed by atoms with Crippen LogP contribution in [0.25, 0.3) is 77.1 Å². The molecule has 0 radical (unpaired) electrons. The summed E-state index contributed by atoms with van der Waals surface area (Å²) < 4.78 is 6.41. The molecule has 0 aliphatic carbocycles. The number of rotatable bonds is 9. The highest BCUT2D eigenvalue weighted by molar-refractivity contribution is 6.19. The van der Waals surface area contributed by atoms with Gasteiger partial charge < -0.3 is 14.2 Å². The van der Waals surface area contributed by atoms with E-state index < -0.39 is 0 Å². The standard InChI is InChI=1S/C61H41N3O/c1-4-16-43(17-5-1)55-25-12-13-26-56(55)48-21-14-24-52(40-48)64(51-36-34-50(35-37-51)63(49-22-8-3-9-23-49)53-32-29-42-15-10-11-20-47(42)39-53)54-33-30-44-27-28-45-31-38-58-60(59(45)57(44)41-54)62-61(65-58)46-18-6-2-7-19-46/h1-41H. The molecule has 12 rings (SSSR count). The van der Waals surface area contributed by atoms with Crippen LogP contribution in [-0.4, -0.2) is 4.98 Å². The fourth-order valence-corrected chi connectivity index (χ4v) is 9.32. The van der Waals surface area contributed by atoms with Crippen molar-refractivity contribution in [2.75, 3.05) is 9.80 Å². The first kappa shape index (κ1) is 38.0. The normalized spacial score (nSPS) is 11.4. The van der Waals surface area contributed by atoms with E-state index in [4.69, 9.17) is 9.40 Å². The van der Waals surface area contributed by atoms with Crippen LogP contribution in [0.3, 0.4) is 0 Å². The van der Waals surface area contributed by atoms with Gasteiger partial charge in [-0.15, -0.1) is 0 Å². The molecule has 4 nitrogen and oxygen atoms in total. The van der Waals surface area contributed by atoms with E-state index in [1.54, 1.807) is 0 Å². The van der Waals surface area contributed by atoms with E-state index in [0.717, 1.165) is 77.9 Å². The minimum Gasteiger partial charge on any atom is -0.436 e. The Hall–Kier alpha value is -8.73. The summed E-state index contributed by atoms with van der Waals surface area (Å²) in [4.78, 5) is 9.84. The lowest BCUT2D eigenvalue weighted by Gasteiger charge is -2.29. The monoisotopic (exact) mass is 831 g/mol. The van der Waals surface area contributed by atoms with Gasteiger partial charge in [0, 0.05) is 45.1 Å². The number of aromatic nitrogens is 1. The van der Waals surface area contributed by atoms with Gasteiger partial charge in [-0.2, -0.15) is 0 Å². The summed E-state index contributed by atoms with van der Waals surface area (Å²) >= 11 is 0. The Morgan fingerprint density at radius 1 is 0.308 bits per heavy atom. The molecule has 0 spiro atoms. The van der Waals surface area contributed by atoms with E-state index in [2.05, 4.69) is 222 Å². The highest BCUT2D eigenvalue weighted by atomic mass is 16.3. The Balaban J connectivity index is 1.03. The number of hydrogen-bond donors (Lipinski definition) is 0. The highest BCUT2D eigenvalue weighted by Crippen LogP contribution is 2.44. The Kier molecular flexibility index (Phi) is 9.46. The molecule has 0 amide bonds. The van der Waals surface area contributed by atoms with Crippen LogP contribution in [0, 0.1) is 0 Å². The summed E-state index contributed by atoms with van der Waals surface area (Å²) in [6.45, 7) is 0. The zero-order valence-corrected chi connectivity index (χ0v) is 35.4. The van der Waals surface area contributed by atoms with Crippen molar-refractivity contribution in [3.05, 3.63) is 249 Å². The fourth-order valence-electron chi connectivity index (χ4n) is 9.32. The summed E-state index contributed by atoms with van der Waals surface area (Å²) in [5.74, 6) is 0.615. The van der Waals surface area contributed by atoms with Gasteiger partial charge in [0.1, 0.15) is 5.52 Å². The van der Waals surface area contributed by atoms with Crippen molar-refractivity contribution in [3.63, 3.8) is 0 Å². The molecule has 306 valence electrons. The van der Waals surface area contributed by atoms with Gasteiger partial charge in [0.15, 0.2) is 5.58 Å². The molecule has 4 heteroatoms. The second-order valence-corrected chi connectivity index (χ2v) is 16.4. The second-order valence-electron chi connectivity index (χ2n) is 16.4. The zero-order valence-electron chi connectivity index (χ0n) is 35.4. The average molecular weight is 832 g/mol. The Morgan fingerprint density at radius 3 is 1.52 bits per heavy atom. The van der Waals surface area contributed by atoms with E-state index in [0.29, 0.717) is 5.89 Å². The van der Waals surface area contributed by atoms with Crippen molar-refractivity contribution >= 4 is 77.5 Å². The number of fused-ring (bicyclic) bond motifs is 6. The van der Waals surface area contributed by atoms with Crippen molar-refractivity contribution in [2.24, 2.45) is 0 Å². The van der Waals surface area contributed by atoms with Crippen LogP contribution >= 0.6 is 0 Å². The van der Waals surface area contributed by atoms with Crippen molar-refractivity contribution in [3.8, 4) is 33.7 Å². The minimum absolute atomic E-state index is 0.615. The summed E-state index contributed by atoms with van der Waals surface area (Å²) in [6, 6.07) is 88.5. The summed E-state index contributed by atoms with van der Waals surface area (Å²) in [5.41, 5.74) is 13.6. The van der Waals surface area contributed by atoms with E-state index in [1.807, 2.05) is 36.4 Å². The van der Waals surface area contributed by atoms with Crippen LogP contribution in [0.1, 0.15) is 0 Å². The van der Waals surface area contributed by atoms with Crippen molar-refractivity contribution in [1.29, 1.82) is 0 Å². The number of para-hydroxylation sites is 1. The molecule has 0 aliphatic heterocycles. The highest BCUT2D eigenvalue weighted by Gasteiger charge is 2.20. The third kappa shape index (κ3) is 7.04. The maximum atomic E-state index is 6.41. The Bertz CT molecular complexity index is 3660. The lowest BCUT2D eigenvalue weighted by Crippen LogP contribution is -2.12. The van der Waals surface area contributed by atoms with Crippen LogP contribution in [0.5, 0.6) is 0 Å². The predicted octanol–water partition coefficient (Wildman–Crippen LogP) is 17.2. The van der Waals surface area contributed by atoms with Crippen LogP contribution in [-0.2, 0) is 0 Å². The van der Waals surface area contributed by atoms with Crippen molar-refractivity contribution in [1.82, 2.24) is 4.98 Å². The topological polar surface area (TPSA) is 32.5 Å². The first-order valence-corrected chi connectivity index (χ1v) is 22.0. The van der Waals surface area contributed by atoms with Gasteiger partial charge in [-0.05, 0) is 140 Å². The van der Waals surface area contributed by atoms with E-state index in [1.165, 1.54) is 27.5 Å². The van der Waals surface area contributed by atoms with Gasteiger partial charge in [-0.25, -0.2) is 4.98 Å². The third-order valence-corrected chi connectivity index (χ3v) is 12.4. The molecule has 0 bridgehead atoms. The number of benzene rings is 11. The number of oxazole rings is 1. The Morgan fingerprint density at radius 2 is 0.785 bits per heavy atom. The summed E-state index contributed by atoms with van der Waals surface area (Å²) in [5, 5.41) is 6.84. The quantitative estimate of drug-likeness (QED) is 0.136. The SMILES string of the molecule is c1ccc(-c2nc3c(ccc4ccc5ccc(N(c6ccc(N(c7ccccc7)c7ccc8ccccc8c7)cc6)c6cccc(-c7ccccc7-c7ccccc7)c6)cc5c43)o2)cc1. The first-order valence-electron chi connectivity index (χ1n) is 22.0. The molecule has 0 N–H and O–H groups in total. The number of nitrogens with zero attached hydrogens (tertiary/aromatic N) is 3. The van der Waals surface area contributed by atoms with Crippen LogP contribution in [0.15, 0.2) is 253 Å². The largest absolute Gasteiger partial charge is 0.436 e. The molecule has 0 saturated heterocycles. The Labute approximate surface area is 377 Å². The van der Waals surface area contributed by atoms with Crippen molar-refractivity contribution < 1.29 is 4.42 Å². The van der Waals surface area contributed by atoms with Gasteiger partial charge in [0.25, 0.3) is 0 Å². The molecule has 12 aromatic rings. The smallest absolute Gasteiger partial charge is 0.227 e. The first-order chi connectivity index (χ1) is 32.2. The second kappa shape index (κ2) is 16.2. The number of hydrogen-bond acceptors (Lipinski definition) is 4. The predicted molar refractivity (Wildman–Crippen MR) is 272 cm³/mol. The van der Waals surface area contributed by atoms with Crippen molar-refractivity contribution in [2.45, 2.75) is 0 Å². The molecule has 0 unspecified atom stereocenters. The summed E-state index contributed by atoms with van der Waals surface area (Å²) in [6.07, 6.45) is 0. The molecule has 0 saturated carbocycles. The molecule has 0 aliphatic rings. The lowest BCUT2D eigenvalue weighted by atomic mass is 9.94. The molecule has 65 heavy (non-hydrogen) atoms. The minimum atomic E-state index is 0.615. The molecule has 0 atom stereocenters. The molecular formula is C61H41N3O. The zero-order chi connectivity index (χ0) is 43.1. The molecule has 1 heterocycles. The van der Waals surface area contributed by atoms with E-state index in [-0.39, 0.29) is 0 Å². The molecule has 11 aromatic carbocycles. The average Bonchev–Trinajstić information content (AvgIpc) is 3.83. The van der Waals surface area contributed by atoms with Gasteiger partial charge in [0.05, 0.1) is 0 Å². The summed E-state index contributed by atoms with van der Waals surface area (Å²) in [7, 11) is 0. The molecule has 0 fully saturated rings. The molecule has 1 aromatic heterocycles. The van der Waals surface area contributed by atoms with Crippen LogP contribution in [0.4, 0.5) is 34.1 Å². The maximum Gasteiger partial charge on any atom is 0.227 e. The third-order valence-electron chi connectivity index (χ3n) is 12.4. The van der Waals surface area contributed by atoms with Crippen LogP contribution in [0.2, 0.25) is 0 Å². The van der Waals surface area contributed by atoms with Gasteiger partial charge in [-0.3, -0.25) is 0 Å². The van der Waals surface area contributed by atoms with Gasteiger partial charge in [0.2, 0.25) is 5.89 Å². The van der Waals surface area contributed by atoms with Gasteiger partial charge >= 0.3 is 0 Å². The van der Waals surface area contributed by atoms with E-state index >= 15 is 0 Å².